The van der Waals surface area contributed by atoms with E-state index >= 15 is 0 Å². The molecule has 7 heteroatoms. The molecule has 2 aromatic rings. The Balaban J connectivity index is 1.59. The Morgan fingerprint density at radius 2 is 2.08 bits per heavy atom. The van der Waals surface area contributed by atoms with Crippen LogP contribution in [0.2, 0.25) is 0 Å². The Morgan fingerprint density at radius 3 is 2.83 bits per heavy atom. The number of hydrogen-bond donors (Lipinski definition) is 3. The maximum absolute atomic E-state index is 12.3. The molecule has 1 aliphatic rings. The van der Waals surface area contributed by atoms with Gasteiger partial charge in [0.1, 0.15) is 5.69 Å². The molecule has 0 bridgehead atoms. The molecule has 1 aliphatic heterocycles. The van der Waals surface area contributed by atoms with Crippen molar-refractivity contribution in [2.75, 3.05) is 13.1 Å². The number of aromatic amines is 1. The standard InChI is InChI=1S/C17H19N3O4/c21-15(20-7-3-5-12(20)9-16(22)23)10-18-17(24)14-8-11-4-1-2-6-13(11)19-14/h1-2,4,6,8,12,19H,3,5,7,9-10H2,(H,18,24)(H,22,23). The van der Waals surface area contributed by atoms with Crippen molar-refractivity contribution >= 4 is 28.7 Å². The molecule has 0 spiro atoms. The van der Waals surface area contributed by atoms with E-state index in [1.807, 2.05) is 24.3 Å². The number of carboxylic acid groups (broad SMARTS) is 1. The number of benzene rings is 1. The van der Waals surface area contributed by atoms with Crippen LogP contribution in [0.4, 0.5) is 0 Å². The Kier molecular flexibility index (Phi) is 4.50. The van der Waals surface area contributed by atoms with Crippen molar-refractivity contribution in [3.63, 3.8) is 0 Å². The average Bonchev–Trinajstić information content (AvgIpc) is 3.18. The summed E-state index contributed by atoms with van der Waals surface area (Å²) in [5.41, 5.74) is 1.25. The summed E-state index contributed by atoms with van der Waals surface area (Å²) in [6.07, 6.45) is 1.43. The van der Waals surface area contributed by atoms with Gasteiger partial charge in [-0.15, -0.1) is 0 Å². The van der Waals surface area contributed by atoms with Crippen LogP contribution in [0, 0.1) is 0 Å². The van der Waals surface area contributed by atoms with Crippen LogP contribution in [0.25, 0.3) is 10.9 Å². The molecule has 1 unspecified atom stereocenters. The number of carbonyl (C=O) groups is 3. The van der Waals surface area contributed by atoms with Gasteiger partial charge in [-0.1, -0.05) is 18.2 Å². The lowest BCUT2D eigenvalue weighted by molar-refractivity contribution is -0.139. The molecular weight excluding hydrogens is 310 g/mol. The second-order valence-electron chi connectivity index (χ2n) is 5.93. The number of aliphatic carboxylic acids is 1. The van der Waals surface area contributed by atoms with E-state index in [4.69, 9.17) is 5.11 Å². The number of nitrogens with zero attached hydrogens (tertiary/aromatic N) is 1. The number of aromatic nitrogens is 1. The van der Waals surface area contributed by atoms with Gasteiger partial charge in [0.05, 0.1) is 13.0 Å². The number of H-pyrrole nitrogens is 1. The maximum Gasteiger partial charge on any atom is 0.305 e. The highest BCUT2D eigenvalue weighted by Crippen LogP contribution is 2.20. The molecule has 2 heterocycles. The van der Waals surface area contributed by atoms with Gasteiger partial charge in [0.15, 0.2) is 0 Å². The van der Waals surface area contributed by atoms with Gasteiger partial charge in [0.2, 0.25) is 5.91 Å². The Bertz CT molecular complexity index is 750. The lowest BCUT2D eigenvalue weighted by Gasteiger charge is -2.23. The second kappa shape index (κ2) is 6.74. The van der Waals surface area contributed by atoms with Crippen LogP contribution in [-0.4, -0.2) is 51.9 Å². The summed E-state index contributed by atoms with van der Waals surface area (Å²) < 4.78 is 0. The molecule has 1 aromatic carbocycles. The minimum Gasteiger partial charge on any atom is -0.481 e. The summed E-state index contributed by atoms with van der Waals surface area (Å²) in [5.74, 6) is -1.52. The van der Waals surface area contributed by atoms with Crippen molar-refractivity contribution in [3.05, 3.63) is 36.0 Å². The summed E-state index contributed by atoms with van der Waals surface area (Å²) in [5, 5.41) is 12.4. The van der Waals surface area contributed by atoms with Crippen molar-refractivity contribution in [2.24, 2.45) is 0 Å². The van der Waals surface area contributed by atoms with Crippen molar-refractivity contribution in [1.29, 1.82) is 0 Å². The molecule has 0 radical (unpaired) electrons. The molecule has 1 fully saturated rings. The number of para-hydroxylation sites is 1. The molecule has 1 saturated heterocycles. The number of likely N-dealkylation sites (tertiary alicyclic amines) is 1. The molecular formula is C17H19N3O4. The quantitative estimate of drug-likeness (QED) is 0.771. The highest BCUT2D eigenvalue weighted by Gasteiger charge is 2.30. The van der Waals surface area contributed by atoms with E-state index in [1.54, 1.807) is 11.0 Å². The highest BCUT2D eigenvalue weighted by molar-refractivity contribution is 5.99. The van der Waals surface area contributed by atoms with Crippen LogP contribution in [0.15, 0.2) is 30.3 Å². The topological polar surface area (TPSA) is 102 Å². The molecule has 1 aromatic heterocycles. The number of fused-ring (bicyclic) bond motifs is 1. The summed E-state index contributed by atoms with van der Waals surface area (Å²) >= 11 is 0. The van der Waals surface area contributed by atoms with E-state index in [9.17, 15) is 14.4 Å². The van der Waals surface area contributed by atoms with Gasteiger partial charge in [-0.05, 0) is 25.0 Å². The summed E-state index contributed by atoms with van der Waals surface area (Å²) in [7, 11) is 0. The van der Waals surface area contributed by atoms with E-state index in [1.165, 1.54) is 0 Å². The number of carbonyl (C=O) groups excluding carboxylic acids is 2. The third kappa shape index (κ3) is 3.40. The highest BCUT2D eigenvalue weighted by atomic mass is 16.4. The van der Waals surface area contributed by atoms with Crippen LogP contribution in [0.1, 0.15) is 29.8 Å². The van der Waals surface area contributed by atoms with Crippen molar-refractivity contribution in [2.45, 2.75) is 25.3 Å². The summed E-state index contributed by atoms with van der Waals surface area (Å²) in [4.78, 5) is 39.9. The van der Waals surface area contributed by atoms with Crippen molar-refractivity contribution in [1.82, 2.24) is 15.2 Å². The fourth-order valence-electron chi connectivity index (χ4n) is 3.13. The van der Waals surface area contributed by atoms with Gasteiger partial charge < -0.3 is 20.3 Å². The molecule has 24 heavy (non-hydrogen) atoms. The van der Waals surface area contributed by atoms with E-state index in [2.05, 4.69) is 10.3 Å². The van der Waals surface area contributed by atoms with Gasteiger partial charge >= 0.3 is 5.97 Å². The zero-order valence-corrected chi connectivity index (χ0v) is 13.1. The number of hydrogen-bond acceptors (Lipinski definition) is 3. The Hall–Kier alpha value is -2.83. The smallest absolute Gasteiger partial charge is 0.305 e. The van der Waals surface area contributed by atoms with Gasteiger partial charge in [-0.25, -0.2) is 0 Å². The van der Waals surface area contributed by atoms with Gasteiger partial charge in [-0.2, -0.15) is 0 Å². The zero-order chi connectivity index (χ0) is 17.1. The van der Waals surface area contributed by atoms with Crippen LogP contribution in [0.5, 0.6) is 0 Å². The minimum atomic E-state index is -0.915. The fourth-order valence-corrected chi connectivity index (χ4v) is 3.13. The molecule has 3 rings (SSSR count). The predicted octanol–water partition coefficient (Wildman–Crippen LogP) is 1.36. The third-order valence-electron chi connectivity index (χ3n) is 4.28. The van der Waals surface area contributed by atoms with Crippen LogP contribution in [-0.2, 0) is 9.59 Å². The van der Waals surface area contributed by atoms with Gasteiger partial charge in [0, 0.05) is 23.5 Å². The number of rotatable bonds is 5. The van der Waals surface area contributed by atoms with Gasteiger partial charge in [-0.3, -0.25) is 14.4 Å². The van der Waals surface area contributed by atoms with E-state index in [0.717, 1.165) is 17.3 Å². The molecule has 0 saturated carbocycles. The monoisotopic (exact) mass is 329 g/mol. The lowest BCUT2D eigenvalue weighted by atomic mass is 10.1. The maximum atomic E-state index is 12.3. The first-order valence-corrected chi connectivity index (χ1v) is 7.92. The van der Waals surface area contributed by atoms with Crippen LogP contribution in [0.3, 0.4) is 0 Å². The normalized spacial score (nSPS) is 17.2. The summed E-state index contributed by atoms with van der Waals surface area (Å²) in [6.45, 7) is 0.406. The molecule has 7 nitrogen and oxygen atoms in total. The fraction of sp³-hybridized carbons (Fsp3) is 0.353. The van der Waals surface area contributed by atoms with Crippen LogP contribution >= 0.6 is 0 Å². The molecule has 1 atom stereocenters. The molecule has 0 aliphatic carbocycles. The number of amides is 2. The third-order valence-corrected chi connectivity index (χ3v) is 4.28. The first-order chi connectivity index (χ1) is 11.5. The molecule has 126 valence electrons. The van der Waals surface area contributed by atoms with Gasteiger partial charge in [0.25, 0.3) is 5.91 Å². The molecule has 3 N–H and O–H groups in total. The van der Waals surface area contributed by atoms with Crippen LogP contribution < -0.4 is 5.32 Å². The van der Waals surface area contributed by atoms with E-state index in [-0.39, 0.29) is 30.8 Å². The second-order valence-corrected chi connectivity index (χ2v) is 5.93. The van der Waals surface area contributed by atoms with E-state index < -0.39 is 5.97 Å². The first-order valence-electron chi connectivity index (χ1n) is 7.92. The Labute approximate surface area is 138 Å². The first kappa shape index (κ1) is 16.0. The SMILES string of the molecule is O=C(O)CC1CCCN1C(=O)CNC(=O)c1cc2ccccc2[nH]1. The minimum absolute atomic E-state index is 0.0539. The molecule has 2 amide bonds. The van der Waals surface area contributed by atoms with Crippen molar-refractivity contribution < 1.29 is 19.5 Å². The van der Waals surface area contributed by atoms with E-state index in [0.29, 0.717) is 18.7 Å². The zero-order valence-electron chi connectivity index (χ0n) is 13.1. The average molecular weight is 329 g/mol. The Morgan fingerprint density at radius 1 is 1.29 bits per heavy atom. The predicted molar refractivity (Wildman–Crippen MR) is 87.6 cm³/mol. The summed E-state index contributed by atoms with van der Waals surface area (Å²) in [6, 6.07) is 8.99. The lowest BCUT2D eigenvalue weighted by Crippen LogP contribution is -2.43. The number of nitrogens with one attached hydrogen (secondary N) is 2. The number of carboxylic acids is 1. The van der Waals surface area contributed by atoms with Crippen molar-refractivity contribution in [3.8, 4) is 0 Å². The largest absolute Gasteiger partial charge is 0.481 e.